The molecule has 3 N–H and O–H groups in total. The Kier molecular flexibility index (Phi) is 6.10. The summed E-state index contributed by atoms with van der Waals surface area (Å²) in [6.07, 6.45) is 0.358. The molecule has 0 unspecified atom stereocenters. The quantitative estimate of drug-likeness (QED) is 0.310. The van der Waals surface area contributed by atoms with E-state index in [1.54, 1.807) is 12.1 Å². The minimum Gasteiger partial charge on any atom is -0.475 e. The first-order valence-electron chi connectivity index (χ1n) is 10.7. The standard InChI is InChI=1S/C27H22N2O5/c1-2-20-23(25(31)26(28)32)22-19(24(30)27(33)34)13-8-14-21(22)29(20)15-17-11-6-7-12-18(17)16-9-4-3-5-10-16/h3-14H,2,15H2,1H3,(H2,28,32)(H,33,34). The van der Waals surface area contributed by atoms with E-state index in [1.165, 1.54) is 6.07 Å². The van der Waals surface area contributed by atoms with Crippen LogP contribution in [0.15, 0.2) is 72.8 Å². The lowest BCUT2D eigenvalue weighted by atomic mass is 9.98. The van der Waals surface area contributed by atoms with Gasteiger partial charge in [0.05, 0.1) is 11.1 Å². The number of aliphatic carboxylic acids is 1. The zero-order valence-electron chi connectivity index (χ0n) is 18.4. The van der Waals surface area contributed by atoms with Crippen LogP contribution in [0, 0.1) is 0 Å². The van der Waals surface area contributed by atoms with Crippen LogP contribution < -0.4 is 5.73 Å². The Hall–Kier alpha value is -4.52. The largest absolute Gasteiger partial charge is 0.475 e. The smallest absolute Gasteiger partial charge is 0.377 e. The monoisotopic (exact) mass is 454 g/mol. The van der Waals surface area contributed by atoms with E-state index in [0.717, 1.165) is 16.7 Å². The normalized spacial score (nSPS) is 10.9. The Labute approximate surface area is 195 Å². The van der Waals surface area contributed by atoms with Crippen LogP contribution >= 0.6 is 0 Å². The van der Waals surface area contributed by atoms with Crippen molar-refractivity contribution in [3.05, 3.63) is 95.2 Å². The maximum absolute atomic E-state index is 12.9. The number of fused-ring (bicyclic) bond motifs is 1. The number of carboxylic acids is 1. The van der Waals surface area contributed by atoms with Gasteiger partial charge < -0.3 is 15.4 Å². The summed E-state index contributed by atoms with van der Waals surface area (Å²) in [5, 5.41) is 9.46. The molecule has 170 valence electrons. The summed E-state index contributed by atoms with van der Waals surface area (Å²) in [6.45, 7) is 2.16. The van der Waals surface area contributed by atoms with Crippen molar-refractivity contribution >= 4 is 34.3 Å². The summed E-state index contributed by atoms with van der Waals surface area (Å²) < 4.78 is 1.85. The molecule has 1 amide bonds. The topological polar surface area (TPSA) is 119 Å². The third kappa shape index (κ3) is 3.88. The summed E-state index contributed by atoms with van der Waals surface area (Å²) in [5.74, 6) is -4.93. The number of Topliss-reactive ketones (excluding diaryl/α,β-unsaturated/α-hetero) is 2. The maximum Gasteiger partial charge on any atom is 0.377 e. The Balaban J connectivity index is 2.01. The fourth-order valence-corrected chi connectivity index (χ4v) is 4.40. The van der Waals surface area contributed by atoms with Crippen LogP contribution in [0.2, 0.25) is 0 Å². The molecule has 0 fully saturated rings. The zero-order chi connectivity index (χ0) is 24.4. The number of hydrogen-bond acceptors (Lipinski definition) is 4. The van der Waals surface area contributed by atoms with Crippen LogP contribution in [-0.2, 0) is 22.6 Å². The minimum absolute atomic E-state index is 0.0209. The number of carbonyl (C=O) groups is 4. The average Bonchev–Trinajstić information content (AvgIpc) is 3.17. The van der Waals surface area contributed by atoms with E-state index >= 15 is 0 Å². The molecule has 0 saturated carbocycles. The Bertz CT molecular complexity index is 1450. The lowest BCUT2D eigenvalue weighted by Gasteiger charge is -2.14. The molecule has 4 rings (SSSR count). The van der Waals surface area contributed by atoms with Crippen LogP contribution in [0.1, 0.15) is 38.9 Å². The van der Waals surface area contributed by atoms with Gasteiger partial charge in [0.1, 0.15) is 0 Å². The van der Waals surface area contributed by atoms with E-state index in [1.807, 2.05) is 66.1 Å². The molecule has 34 heavy (non-hydrogen) atoms. The molecular formula is C27H22N2O5. The molecule has 0 saturated heterocycles. The number of nitrogens with two attached hydrogens (primary N) is 1. The number of benzene rings is 3. The second-order valence-corrected chi connectivity index (χ2v) is 7.81. The molecule has 0 aliphatic heterocycles. The molecule has 0 aliphatic rings. The molecule has 0 radical (unpaired) electrons. The summed E-state index contributed by atoms with van der Waals surface area (Å²) in [5.41, 5.74) is 9.11. The van der Waals surface area contributed by atoms with E-state index in [-0.39, 0.29) is 16.5 Å². The molecule has 1 heterocycles. The number of primary amides is 1. The van der Waals surface area contributed by atoms with Gasteiger partial charge in [0.25, 0.3) is 17.5 Å². The second kappa shape index (κ2) is 9.15. The third-order valence-electron chi connectivity index (χ3n) is 5.85. The molecule has 7 nitrogen and oxygen atoms in total. The molecule has 1 aromatic heterocycles. The summed E-state index contributed by atoms with van der Waals surface area (Å²) >= 11 is 0. The molecule has 3 aromatic carbocycles. The lowest BCUT2D eigenvalue weighted by molar-refractivity contribution is -0.131. The minimum atomic E-state index is -1.65. The van der Waals surface area contributed by atoms with Crippen molar-refractivity contribution < 1.29 is 24.3 Å². The summed E-state index contributed by atoms with van der Waals surface area (Å²) in [7, 11) is 0. The Morgan fingerprint density at radius 2 is 1.53 bits per heavy atom. The fraction of sp³-hybridized carbons (Fsp3) is 0.111. The second-order valence-electron chi connectivity index (χ2n) is 7.81. The molecule has 0 spiro atoms. The van der Waals surface area contributed by atoms with Crippen LogP contribution in [0.25, 0.3) is 22.0 Å². The highest BCUT2D eigenvalue weighted by Gasteiger charge is 2.29. The van der Waals surface area contributed by atoms with Gasteiger partial charge in [-0.15, -0.1) is 0 Å². The van der Waals surface area contributed by atoms with E-state index in [9.17, 15) is 24.3 Å². The van der Waals surface area contributed by atoms with Crippen molar-refractivity contribution in [3.63, 3.8) is 0 Å². The van der Waals surface area contributed by atoms with Crippen molar-refractivity contribution in [2.24, 2.45) is 5.73 Å². The predicted octanol–water partition coefficient (Wildman–Crippen LogP) is 3.85. The molecule has 0 aliphatic carbocycles. The van der Waals surface area contributed by atoms with Gasteiger partial charge in [0, 0.05) is 23.2 Å². The first-order chi connectivity index (χ1) is 16.3. The van der Waals surface area contributed by atoms with Gasteiger partial charge in [0.2, 0.25) is 0 Å². The Morgan fingerprint density at radius 3 is 2.18 bits per heavy atom. The SMILES string of the molecule is CCc1c(C(=O)C(N)=O)c2c(C(=O)C(=O)O)cccc2n1Cc1ccccc1-c1ccccc1. The average molecular weight is 454 g/mol. The van der Waals surface area contributed by atoms with E-state index in [0.29, 0.717) is 24.2 Å². The highest BCUT2D eigenvalue weighted by molar-refractivity contribution is 6.48. The summed E-state index contributed by atoms with van der Waals surface area (Å²) in [4.78, 5) is 48.7. The van der Waals surface area contributed by atoms with Gasteiger partial charge in [-0.3, -0.25) is 14.4 Å². The number of carbonyl (C=O) groups excluding carboxylic acids is 3. The first-order valence-corrected chi connectivity index (χ1v) is 10.7. The van der Waals surface area contributed by atoms with Gasteiger partial charge in [-0.1, -0.05) is 67.6 Å². The molecule has 7 heteroatoms. The van der Waals surface area contributed by atoms with Crippen molar-refractivity contribution in [1.82, 2.24) is 4.57 Å². The number of amides is 1. The number of nitrogens with zero attached hydrogens (tertiary/aromatic N) is 1. The molecule has 0 bridgehead atoms. The van der Waals surface area contributed by atoms with E-state index in [4.69, 9.17) is 5.73 Å². The summed E-state index contributed by atoms with van der Waals surface area (Å²) in [6, 6.07) is 22.3. The molecule has 4 aromatic rings. The van der Waals surface area contributed by atoms with E-state index < -0.39 is 23.4 Å². The first kappa shape index (κ1) is 22.7. The predicted molar refractivity (Wildman–Crippen MR) is 128 cm³/mol. The number of ketones is 2. The van der Waals surface area contributed by atoms with Crippen molar-refractivity contribution in [3.8, 4) is 11.1 Å². The number of aromatic nitrogens is 1. The zero-order valence-corrected chi connectivity index (χ0v) is 18.4. The third-order valence-corrected chi connectivity index (χ3v) is 5.85. The van der Waals surface area contributed by atoms with E-state index in [2.05, 4.69) is 0 Å². The van der Waals surface area contributed by atoms with Crippen LogP contribution in [0.3, 0.4) is 0 Å². The van der Waals surface area contributed by atoms with Gasteiger partial charge in [-0.25, -0.2) is 4.79 Å². The Morgan fingerprint density at radius 1 is 0.853 bits per heavy atom. The number of carboxylic acid groups (broad SMARTS) is 1. The number of rotatable bonds is 8. The van der Waals surface area contributed by atoms with Crippen molar-refractivity contribution in [2.45, 2.75) is 19.9 Å². The fourth-order valence-electron chi connectivity index (χ4n) is 4.40. The van der Waals surface area contributed by atoms with Crippen LogP contribution in [0.4, 0.5) is 0 Å². The van der Waals surface area contributed by atoms with Gasteiger partial charge in [0.15, 0.2) is 0 Å². The maximum atomic E-state index is 12.9. The highest BCUT2D eigenvalue weighted by atomic mass is 16.4. The highest BCUT2D eigenvalue weighted by Crippen LogP contribution is 2.33. The van der Waals surface area contributed by atoms with Gasteiger partial charge in [-0.05, 0) is 35.2 Å². The number of hydrogen-bond donors (Lipinski definition) is 2. The van der Waals surface area contributed by atoms with Crippen LogP contribution in [0.5, 0.6) is 0 Å². The van der Waals surface area contributed by atoms with Crippen LogP contribution in [-0.4, -0.2) is 33.1 Å². The molecule has 0 atom stereocenters. The van der Waals surface area contributed by atoms with Crippen molar-refractivity contribution in [2.75, 3.05) is 0 Å². The molecular weight excluding hydrogens is 432 g/mol. The van der Waals surface area contributed by atoms with Gasteiger partial charge >= 0.3 is 5.97 Å². The van der Waals surface area contributed by atoms with Gasteiger partial charge in [-0.2, -0.15) is 0 Å². The lowest BCUT2D eigenvalue weighted by Crippen LogP contribution is -2.24. The van der Waals surface area contributed by atoms with Crippen molar-refractivity contribution in [1.29, 1.82) is 0 Å².